The van der Waals surface area contributed by atoms with Crippen molar-refractivity contribution in [3.8, 4) is 0 Å². The Labute approximate surface area is 70.9 Å². The zero-order valence-electron chi connectivity index (χ0n) is 7.24. The molecule has 0 unspecified atom stereocenters. The normalized spacial score (nSPS) is 17.0. The fraction of sp³-hybridized carbons (Fsp3) is 0.714. The summed E-state index contributed by atoms with van der Waals surface area (Å²) in [6.45, 7) is 3.54. The molecule has 0 spiro atoms. The van der Waals surface area contributed by atoms with Crippen molar-refractivity contribution in [3.05, 3.63) is 0 Å². The van der Waals surface area contributed by atoms with Gasteiger partial charge in [0.15, 0.2) is 0 Å². The maximum atomic E-state index is 11.3. The Morgan fingerprint density at radius 1 is 1.58 bits per heavy atom. The van der Waals surface area contributed by atoms with Crippen molar-refractivity contribution in [2.45, 2.75) is 6.92 Å². The first kappa shape index (κ1) is 8.83. The number of likely N-dealkylation sites (N-methyl/N-ethyl adjacent to an activating group) is 1. The van der Waals surface area contributed by atoms with Crippen molar-refractivity contribution >= 4 is 12.1 Å². The molecule has 0 aromatic heterocycles. The van der Waals surface area contributed by atoms with Gasteiger partial charge in [-0.25, -0.2) is 14.5 Å². The summed E-state index contributed by atoms with van der Waals surface area (Å²) in [5.74, 6) is 0. The standard InChI is InChI=1S/C7H12N2O3/c1-3-8-4-5-9(6(8)10)7(11)12-2/h3-5H2,1-2H3. The average Bonchev–Trinajstić information content (AvgIpc) is 2.45. The number of hydrogen-bond acceptors (Lipinski definition) is 3. The topological polar surface area (TPSA) is 49.9 Å². The number of ether oxygens (including phenoxy) is 1. The average molecular weight is 172 g/mol. The molecule has 1 heterocycles. The number of imide groups is 1. The SMILES string of the molecule is CCN1CCN(C(=O)OC)C1=O. The Hall–Kier alpha value is -1.26. The highest BCUT2D eigenvalue weighted by molar-refractivity contribution is 5.92. The van der Waals surface area contributed by atoms with Gasteiger partial charge in [-0.1, -0.05) is 0 Å². The zero-order valence-corrected chi connectivity index (χ0v) is 7.24. The molecular formula is C7H12N2O3. The Morgan fingerprint density at radius 3 is 2.67 bits per heavy atom. The van der Waals surface area contributed by atoms with E-state index in [0.29, 0.717) is 19.6 Å². The summed E-state index contributed by atoms with van der Waals surface area (Å²) in [5.41, 5.74) is 0. The molecule has 3 amide bonds. The van der Waals surface area contributed by atoms with E-state index < -0.39 is 6.09 Å². The molecule has 0 atom stereocenters. The largest absolute Gasteiger partial charge is 0.452 e. The molecule has 68 valence electrons. The minimum Gasteiger partial charge on any atom is -0.452 e. The molecule has 0 aliphatic carbocycles. The third-order valence-electron chi connectivity index (χ3n) is 1.87. The molecule has 0 aromatic rings. The second-order valence-electron chi connectivity index (χ2n) is 2.48. The van der Waals surface area contributed by atoms with E-state index in [-0.39, 0.29) is 6.03 Å². The lowest BCUT2D eigenvalue weighted by atomic mass is 10.6. The van der Waals surface area contributed by atoms with Crippen molar-refractivity contribution in [2.24, 2.45) is 0 Å². The van der Waals surface area contributed by atoms with Crippen LogP contribution in [-0.4, -0.2) is 48.7 Å². The van der Waals surface area contributed by atoms with Gasteiger partial charge in [0.05, 0.1) is 13.7 Å². The molecule has 0 aromatic carbocycles. The summed E-state index contributed by atoms with van der Waals surface area (Å²) in [5, 5.41) is 0. The second-order valence-corrected chi connectivity index (χ2v) is 2.48. The van der Waals surface area contributed by atoms with Crippen LogP contribution in [0.25, 0.3) is 0 Å². The molecule has 5 heteroatoms. The van der Waals surface area contributed by atoms with E-state index in [1.807, 2.05) is 6.92 Å². The number of nitrogens with zero attached hydrogens (tertiary/aromatic N) is 2. The molecule has 1 fully saturated rings. The van der Waals surface area contributed by atoms with Crippen LogP contribution >= 0.6 is 0 Å². The third kappa shape index (κ3) is 1.34. The van der Waals surface area contributed by atoms with Crippen molar-refractivity contribution in [2.75, 3.05) is 26.7 Å². The Bertz CT molecular complexity index is 205. The van der Waals surface area contributed by atoms with Gasteiger partial charge in [0.1, 0.15) is 0 Å². The lowest BCUT2D eigenvalue weighted by Crippen LogP contribution is -2.35. The number of carbonyl (C=O) groups excluding carboxylic acids is 2. The molecule has 0 saturated carbocycles. The summed E-state index contributed by atoms with van der Waals surface area (Å²) in [6.07, 6.45) is -0.573. The molecule has 5 nitrogen and oxygen atoms in total. The third-order valence-corrected chi connectivity index (χ3v) is 1.87. The Morgan fingerprint density at radius 2 is 2.25 bits per heavy atom. The van der Waals surface area contributed by atoms with Crippen molar-refractivity contribution in [1.29, 1.82) is 0 Å². The molecule has 1 saturated heterocycles. The van der Waals surface area contributed by atoms with Crippen molar-refractivity contribution in [3.63, 3.8) is 0 Å². The molecule has 1 aliphatic heterocycles. The molecule has 1 aliphatic rings. The maximum Gasteiger partial charge on any atom is 0.417 e. The van der Waals surface area contributed by atoms with Crippen LogP contribution in [0.3, 0.4) is 0 Å². The summed E-state index contributed by atoms with van der Waals surface area (Å²) in [6, 6.07) is -0.260. The quantitative estimate of drug-likeness (QED) is 0.579. The number of methoxy groups -OCH3 is 1. The minimum atomic E-state index is -0.573. The van der Waals surface area contributed by atoms with E-state index >= 15 is 0 Å². The smallest absolute Gasteiger partial charge is 0.417 e. The van der Waals surface area contributed by atoms with Crippen molar-refractivity contribution < 1.29 is 14.3 Å². The van der Waals surface area contributed by atoms with Gasteiger partial charge < -0.3 is 9.64 Å². The van der Waals surface area contributed by atoms with Gasteiger partial charge in [-0.3, -0.25) is 0 Å². The summed E-state index contributed by atoms with van der Waals surface area (Å²) in [4.78, 5) is 24.9. The molecule has 0 N–H and O–H groups in total. The molecule has 12 heavy (non-hydrogen) atoms. The number of rotatable bonds is 1. The van der Waals surface area contributed by atoms with Gasteiger partial charge in [-0.05, 0) is 6.92 Å². The van der Waals surface area contributed by atoms with Crippen LogP contribution in [-0.2, 0) is 4.74 Å². The lowest BCUT2D eigenvalue weighted by Gasteiger charge is -2.13. The van der Waals surface area contributed by atoms with Gasteiger partial charge in [0.2, 0.25) is 0 Å². The van der Waals surface area contributed by atoms with E-state index in [4.69, 9.17) is 0 Å². The van der Waals surface area contributed by atoms with Gasteiger partial charge in [-0.15, -0.1) is 0 Å². The highest BCUT2D eigenvalue weighted by atomic mass is 16.5. The highest BCUT2D eigenvalue weighted by Gasteiger charge is 2.32. The monoisotopic (exact) mass is 172 g/mol. The number of urea groups is 1. The van der Waals surface area contributed by atoms with Crippen LogP contribution < -0.4 is 0 Å². The van der Waals surface area contributed by atoms with Gasteiger partial charge in [-0.2, -0.15) is 0 Å². The van der Waals surface area contributed by atoms with Crippen LogP contribution in [0, 0.1) is 0 Å². The molecule has 0 bridgehead atoms. The summed E-state index contributed by atoms with van der Waals surface area (Å²) >= 11 is 0. The number of carbonyl (C=O) groups is 2. The van der Waals surface area contributed by atoms with E-state index in [0.717, 1.165) is 4.90 Å². The van der Waals surface area contributed by atoms with Gasteiger partial charge in [0, 0.05) is 13.1 Å². The fourth-order valence-electron chi connectivity index (χ4n) is 1.16. The first-order valence-electron chi connectivity index (χ1n) is 3.85. The predicted octanol–water partition coefficient (Wildman–Crippen LogP) is 0.510. The number of hydrogen-bond donors (Lipinski definition) is 0. The maximum absolute atomic E-state index is 11.3. The van der Waals surface area contributed by atoms with E-state index in [9.17, 15) is 9.59 Å². The lowest BCUT2D eigenvalue weighted by molar-refractivity contribution is 0.134. The second kappa shape index (κ2) is 3.42. The highest BCUT2D eigenvalue weighted by Crippen LogP contribution is 2.08. The van der Waals surface area contributed by atoms with E-state index in [1.165, 1.54) is 7.11 Å². The van der Waals surface area contributed by atoms with Crippen LogP contribution in [0.5, 0.6) is 0 Å². The van der Waals surface area contributed by atoms with Crippen LogP contribution in [0.15, 0.2) is 0 Å². The molecule has 0 radical (unpaired) electrons. The molecule has 1 rings (SSSR count). The van der Waals surface area contributed by atoms with E-state index in [2.05, 4.69) is 4.74 Å². The van der Waals surface area contributed by atoms with Crippen LogP contribution in [0.2, 0.25) is 0 Å². The number of amides is 3. The van der Waals surface area contributed by atoms with E-state index in [1.54, 1.807) is 4.90 Å². The van der Waals surface area contributed by atoms with Gasteiger partial charge in [0.25, 0.3) is 0 Å². The fourth-order valence-corrected chi connectivity index (χ4v) is 1.16. The van der Waals surface area contributed by atoms with Crippen molar-refractivity contribution in [1.82, 2.24) is 9.80 Å². The first-order valence-corrected chi connectivity index (χ1v) is 3.85. The van der Waals surface area contributed by atoms with Gasteiger partial charge >= 0.3 is 12.1 Å². The Kier molecular flexibility index (Phi) is 2.52. The summed E-state index contributed by atoms with van der Waals surface area (Å²) < 4.78 is 4.44. The molecular weight excluding hydrogens is 160 g/mol. The van der Waals surface area contributed by atoms with Crippen LogP contribution in [0.1, 0.15) is 6.92 Å². The zero-order chi connectivity index (χ0) is 9.14. The minimum absolute atomic E-state index is 0.260. The van der Waals surface area contributed by atoms with Crippen LogP contribution in [0.4, 0.5) is 9.59 Å². The Balaban J connectivity index is 2.60. The predicted molar refractivity (Wildman–Crippen MR) is 41.8 cm³/mol. The first-order chi connectivity index (χ1) is 5.70. The summed E-state index contributed by atoms with van der Waals surface area (Å²) in [7, 11) is 1.27.